The van der Waals surface area contributed by atoms with E-state index in [0.717, 1.165) is 24.0 Å². The minimum Gasteiger partial charge on any atom is -0.145 e. The number of unbranched alkanes of at least 4 members (excludes halogenated alkanes) is 1. The molecule has 0 saturated heterocycles. The molecule has 74 valence electrons. The van der Waals surface area contributed by atoms with Gasteiger partial charge in [-0.05, 0) is 35.7 Å². The summed E-state index contributed by atoms with van der Waals surface area (Å²) in [6.07, 6.45) is 6.34. The van der Waals surface area contributed by atoms with E-state index in [-0.39, 0.29) is 0 Å². The molecule has 0 aliphatic heterocycles. The van der Waals surface area contributed by atoms with Crippen LogP contribution in [0, 0.1) is 11.8 Å². The summed E-state index contributed by atoms with van der Waals surface area (Å²) in [6.45, 7) is 4.02. The van der Waals surface area contributed by atoms with Crippen LogP contribution in [0.4, 0.5) is 5.69 Å². The van der Waals surface area contributed by atoms with Crippen molar-refractivity contribution in [2.45, 2.75) is 26.7 Å². The van der Waals surface area contributed by atoms with Gasteiger partial charge in [-0.3, -0.25) is 0 Å². The highest BCUT2D eigenvalue weighted by molar-refractivity contribution is 5.58. The Kier molecular flexibility index (Phi) is 4.05. The lowest BCUT2D eigenvalue weighted by Crippen LogP contribution is -1.76. The van der Waals surface area contributed by atoms with Crippen molar-refractivity contribution in [2.24, 2.45) is 5.18 Å². The maximum Gasteiger partial charge on any atom is 0.111 e. The maximum absolute atomic E-state index is 10.4. The van der Waals surface area contributed by atoms with E-state index in [4.69, 9.17) is 0 Å². The lowest BCUT2D eigenvalue weighted by Gasteiger charge is -1.98. The second kappa shape index (κ2) is 5.32. The lowest BCUT2D eigenvalue weighted by atomic mass is 10.1. The number of benzene rings is 1. The third kappa shape index (κ3) is 2.80. The van der Waals surface area contributed by atoms with Crippen LogP contribution in [0.25, 0.3) is 6.08 Å². The van der Waals surface area contributed by atoms with Gasteiger partial charge in [-0.1, -0.05) is 37.6 Å². The van der Waals surface area contributed by atoms with Crippen molar-refractivity contribution in [2.75, 3.05) is 0 Å². The third-order valence-corrected chi connectivity index (χ3v) is 2.10. The molecule has 14 heavy (non-hydrogen) atoms. The van der Waals surface area contributed by atoms with Crippen LogP contribution in [-0.4, -0.2) is 0 Å². The Labute approximate surface area is 84.6 Å². The zero-order valence-corrected chi connectivity index (χ0v) is 8.66. The summed E-state index contributed by atoms with van der Waals surface area (Å²) in [7, 11) is 0. The average Bonchev–Trinajstić information content (AvgIpc) is 2.21. The van der Waals surface area contributed by atoms with Gasteiger partial charge in [-0.25, -0.2) is 0 Å². The van der Waals surface area contributed by atoms with Crippen LogP contribution in [0.1, 0.15) is 30.9 Å². The summed E-state index contributed by atoms with van der Waals surface area (Å²) < 4.78 is 0. The van der Waals surface area contributed by atoms with E-state index in [2.05, 4.69) is 18.2 Å². The van der Waals surface area contributed by atoms with Gasteiger partial charge in [-0.15, -0.1) is 4.91 Å². The molecule has 2 nitrogen and oxygen atoms in total. The Morgan fingerprint density at radius 3 is 2.86 bits per heavy atom. The molecule has 0 aromatic heterocycles. The van der Waals surface area contributed by atoms with Gasteiger partial charge in [0.2, 0.25) is 0 Å². The van der Waals surface area contributed by atoms with Crippen LogP contribution in [0.3, 0.4) is 0 Å². The Bertz CT molecular complexity index is 342. The highest BCUT2D eigenvalue weighted by atomic mass is 16.3. The quantitative estimate of drug-likeness (QED) is 0.652. The molecule has 0 spiro atoms. The first-order valence-corrected chi connectivity index (χ1v) is 4.88. The van der Waals surface area contributed by atoms with E-state index in [1.807, 2.05) is 31.2 Å². The van der Waals surface area contributed by atoms with Crippen molar-refractivity contribution in [1.82, 2.24) is 0 Å². The van der Waals surface area contributed by atoms with Crippen molar-refractivity contribution in [3.63, 3.8) is 0 Å². The molecular weight excluding hydrogens is 174 g/mol. The molecule has 0 atom stereocenters. The summed E-state index contributed by atoms with van der Waals surface area (Å²) >= 11 is 0. The first-order chi connectivity index (χ1) is 6.77. The fraction of sp³-hybridized carbons (Fsp3) is 0.333. The normalized spacial score (nSPS) is 10.7. The Morgan fingerprint density at radius 2 is 2.21 bits per heavy atom. The fourth-order valence-electron chi connectivity index (χ4n) is 1.21. The molecule has 0 radical (unpaired) electrons. The van der Waals surface area contributed by atoms with Crippen LogP contribution >= 0.6 is 0 Å². The summed E-state index contributed by atoms with van der Waals surface area (Å²) in [4.78, 5) is 10.4. The molecule has 0 saturated carbocycles. The number of nitroso groups, excluding NO2 is 1. The van der Waals surface area contributed by atoms with Gasteiger partial charge in [0.05, 0.1) is 0 Å². The monoisotopic (exact) mass is 189 g/mol. The van der Waals surface area contributed by atoms with Gasteiger partial charge in [0.1, 0.15) is 5.69 Å². The van der Waals surface area contributed by atoms with E-state index in [0.29, 0.717) is 5.69 Å². The van der Waals surface area contributed by atoms with Crippen molar-refractivity contribution < 1.29 is 0 Å². The predicted octanol–water partition coefficient (Wildman–Crippen LogP) is 4.21. The summed E-state index contributed by atoms with van der Waals surface area (Å²) in [5.41, 5.74) is 2.50. The van der Waals surface area contributed by atoms with Crippen molar-refractivity contribution in [3.8, 4) is 0 Å². The van der Waals surface area contributed by atoms with Gasteiger partial charge in [0.15, 0.2) is 0 Å². The van der Waals surface area contributed by atoms with Gasteiger partial charge in [-0.2, -0.15) is 0 Å². The van der Waals surface area contributed by atoms with Crippen LogP contribution in [0.2, 0.25) is 0 Å². The highest BCUT2D eigenvalue weighted by Gasteiger charge is 1.97. The number of hydrogen-bond donors (Lipinski definition) is 0. The molecule has 1 aromatic rings. The average molecular weight is 189 g/mol. The molecule has 0 unspecified atom stereocenters. The Hall–Kier alpha value is -1.44. The number of nitrogens with zero attached hydrogens (tertiary/aromatic N) is 1. The number of rotatable bonds is 4. The molecule has 0 fully saturated rings. The summed E-state index contributed by atoms with van der Waals surface area (Å²) in [6, 6.07) is 5.73. The molecule has 0 aliphatic rings. The molecule has 0 N–H and O–H groups in total. The van der Waals surface area contributed by atoms with Crippen LogP contribution in [0.5, 0.6) is 0 Å². The number of hydrogen-bond acceptors (Lipinski definition) is 2. The second-order valence-corrected chi connectivity index (χ2v) is 3.33. The minimum absolute atomic E-state index is 0.531. The largest absolute Gasteiger partial charge is 0.145 e. The molecule has 0 aliphatic carbocycles. The molecule has 1 rings (SSSR count). The first kappa shape index (κ1) is 10.6. The van der Waals surface area contributed by atoms with Crippen molar-refractivity contribution >= 4 is 11.8 Å². The van der Waals surface area contributed by atoms with Crippen LogP contribution in [0.15, 0.2) is 29.5 Å². The molecule has 0 bridgehead atoms. The highest BCUT2D eigenvalue weighted by Crippen LogP contribution is 2.20. The molecule has 1 aromatic carbocycles. The first-order valence-electron chi connectivity index (χ1n) is 4.88. The fourth-order valence-corrected chi connectivity index (χ4v) is 1.21. The number of aryl methyl sites for hydroxylation is 1. The summed E-state index contributed by atoms with van der Waals surface area (Å²) in [5.74, 6) is 0. The Balaban J connectivity index is 2.84. The Morgan fingerprint density at radius 1 is 1.43 bits per heavy atom. The van der Waals surface area contributed by atoms with Gasteiger partial charge < -0.3 is 0 Å². The summed E-state index contributed by atoms with van der Waals surface area (Å²) in [5, 5.41) is 2.98. The SMILES string of the molecule is CCCC=Cc1ccc(C)c(N=O)c1. The molecular formula is C12H15NO. The molecule has 0 heterocycles. The second-order valence-electron chi connectivity index (χ2n) is 3.33. The zero-order chi connectivity index (χ0) is 10.4. The molecule has 2 heteroatoms. The zero-order valence-electron chi connectivity index (χ0n) is 8.66. The van der Waals surface area contributed by atoms with E-state index in [9.17, 15) is 4.91 Å². The van der Waals surface area contributed by atoms with Crippen molar-refractivity contribution in [1.29, 1.82) is 0 Å². The topological polar surface area (TPSA) is 29.4 Å². The smallest absolute Gasteiger partial charge is 0.111 e. The van der Waals surface area contributed by atoms with E-state index in [1.165, 1.54) is 0 Å². The predicted molar refractivity (Wildman–Crippen MR) is 60.6 cm³/mol. The van der Waals surface area contributed by atoms with Gasteiger partial charge in [0.25, 0.3) is 0 Å². The van der Waals surface area contributed by atoms with E-state index < -0.39 is 0 Å². The standard InChI is InChI=1S/C12H15NO/c1-3-4-5-6-11-8-7-10(2)12(9-11)13-14/h5-9H,3-4H2,1-2H3. The van der Waals surface area contributed by atoms with Gasteiger partial charge in [0, 0.05) is 0 Å². The van der Waals surface area contributed by atoms with Crippen LogP contribution in [-0.2, 0) is 0 Å². The number of allylic oxidation sites excluding steroid dienone is 1. The van der Waals surface area contributed by atoms with E-state index >= 15 is 0 Å². The molecule has 0 amide bonds. The van der Waals surface area contributed by atoms with Crippen molar-refractivity contribution in [3.05, 3.63) is 40.3 Å². The third-order valence-electron chi connectivity index (χ3n) is 2.10. The van der Waals surface area contributed by atoms with E-state index in [1.54, 1.807) is 0 Å². The van der Waals surface area contributed by atoms with Gasteiger partial charge >= 0.3 is 0 Å². The minimum atomic E-state index is 0.531. The lowest BCUT2D eigenvalue weighted by molar-refractivity contribution is 0.962. The van der Waals surface area contributed by atoms with Crippen LogP contribution < -0.4 is 0 Å². The maximum atomic E-state index is 10.4.